The van der Waals surface area contributed by atoms with E-state index in [1.54, 1.807) is 17.0 Å². The molecule has 2 aliphatic rings. The summed E-state index contributed by atoms with van der Waals surface area (Å²) in [5.41, 5.74) is 0.602. The van der Waals surface area contributed by atoms with Gasteiger partial charge in [0.1, 0.15) is 18.4 Å². The number of ether oxygens (including phenoxy) is 2. The molecule has 7 heteroatoms. The first-order valence-corrected chi connectivity index (χ1v) is 10.2. The second-order valence-corrected chi connectivity index (χ2v) is 7.42. The van der Waals surface area contributed by atoms with E-state index in [0.29, 0.717) is 31.0 Å². The average Bonchev–Trinajstić information content (AvgIpc) is 3.45. The number of rotatable bonds is 6. The Hall–Kier alpha value is -2.80. The van der Waals surface area contributed by atoms with Gasteiger partial charge in [0.25, 0.3) is 5.91 Å². The van der Waals surface area contributed by atoms with Crippen LogP contribution < -0.4 is 10.1 Å². The van der Waals surface area contributed by atoms with Gasteiger partial charge >= 0.3 is 0 Å². The first-order chi connectivity index (χ1) is 14.2. The lowest BCUT2D eigenvalue weighted by molar-refractivity contribution is -0.119. The summed E-state index contributed by atoms with van der Waals surface area (Å²) in [5, 5.41) is 2.94. The molecule has 2 atom stereocenters. The maximum atomic E-state index is 12.9. The lowest BCUT2D eigenvalue weighted by Crippen LogP contribution is -2.43. The van der Waals surface area contributed by atoms with Gasteiger partial charge in [-0.05, 0) is 56.4 Å². The second-order valence-electron chi connectivity index (χ2n) is 7.42. The highest BCUT2D eigenvalue weighted by Gasteiger charge is 2.35. The molecule has 2 aliphatic heterocycles. The smallest absolute Gasteiger partial charge is 0.290 e. The van der Waals surface area contributed by atoms with E-state index in [0.717, 1.165) is 32.3 Å². The fourth-order valence-electron chi connectivity index (χ4n) is 3.86. The predicted molar refractivity (Wildman–Crippen MR) is 107 cm³/mol. The molecule has 0 saturated carbocycles. The number of anilines is 1. The SMILES string of the molecule is O=C(Nc1ccccc1OCC1CCCCO1)[C@@H]1CCCN1C(=O)c1ccco1. The van der Waals surface area contributed by atoms with Gasteiger partial charge in [0.05, 0.1) is 18.1 Å². The summed E-state index contributed by atoms with van der Waals surface area (Å²) < 4.78 is 16.9. The molecule has 7 nitrogen and oxygen atoms in total. The van der Waals surface area contributed by atoms with Crippen LogP contribution in [0.2, 0.25) is 0 Å². The van der Waals surface area contributed by atoms with E-state index < -0.39 is 6.04 Å². The normalized spacial score (nSPS) is 21.7. The second kappa shape index (κ2) is 9.13. The van der Waals surface area contributed by atoms with Gasteiger partial charge in [-0.3, -0.25) is 9.59 Å². The molecule has 0 bridgehead atoms. The molecule has 1 unspecified atom stereocenters. The van der Waals surface area contributed by atoms with Crippen LogP contribution >= 0.6 is 0 Å². The highest BCUT2D eigenvalue weighted by Crippen LogP contribution is 2.27. The van der Waals surface area contributed by atoms with Crippen molar-refractivity contribution in [2.45, 2.75) is 44.2 Å². The quantitative estimate of drug-likeness (QED) is 0.806. The van der Waals surface area contributed by atoms with Crippen molar-refractivity contribution in [2.75, 3.05) is 25.1 Å². The topological polar surface area (TPSA) is 81.0 Å². The summed E-state index contributed by atoms with van der Waals surface area (Å²) >= 11 is 0. The van der Waals surface area contributed by atoms with Crippen LogP contribution in [-0.2, 0) is 9.53 Å². The number of carbonyl (C=O) groups excluding carboxylic acids is 2. The van der Waals surface area contributed by atoms with Crippen molar-refractivity contribution in [1.29, 1.82) is 0 Å². The van der Waals surface area contributed by atoms with E-state index >= 15 is 0 Å². The van der Waals surface area contributed by atoms with Gasteiger partial charge in [-0.25, -0.2) is 0 Å². The Kier molecular flexibility index (Phi) is 6.14. The summed E-state index contributed by atoms with van der Waals surface area (Å²) in [6.07, 6.45) is 6.18. The molecule has 2 aromatic rings. The zero-order valence-electron chi connectivity index (χ0n) is 16.3. The lowest BCUT2D eigenvalue weighted by atomic mass is 10.1. The number of benzene rings is 1. The molecule has 0 aliphatic carbocycles. The van der Waals surface area contributed by atoms with Crippen molar-refractivity contribution in [1.82, 2.24) is 4.90 Å². The van der Waals surface area contributed by atoms with Gasteiger partial charge in [-0.15, -0.1) is 0 Å². The molecule has 0 spiro atoms. The maximum absolute atomic E-state index is 12.9. The summed E-state index contributed by atoms with van der Waals surface area (Å²) in [6.45, 7) is 1.77. The van der Waals surface area contributed by atoms with Gasteiger partial charge < -0.3 is 24.1 Å². The number of para-hydroxylation sites is 2. The fraction of sp³-hybridized carbons (Fsp3) is 0.455. The van der Waals surface area contributed by atoms with E-state index in [-0.39, 0.29) is 23.7 Å². The molecular formula is C22H26N2O5. The third kappa shape index (κ3) is 4.62. The van der Waals surface area contributed by atoms with Crippen molar-refractivity contribution in [3.8, 4) is 5.75 Å². The molecule has 2 amide bonds. The van der Waals surface area contributed by atoms with E-state index in [1.165, 1.54) is 6.26 Å². The van der Waals surface area contributed by atoms with Crippen LogP contribution in [0.3, 0.4) is 0 Å². The minimum absolute atomic E-state index is 0.0868. The van der Waals surface area contributed by atoms with Gasteiger partial charge in [-0.1, -0.05) is 12.1 Å². The zero-order chi connectivity index (χ0) is 20.1. The van der Waals surface area contributed by atoms with Crippen LogP contribution in [0, 0.1) is 0 Å². The van der Waals surface area contributed by atoms with Crippen LogP contribution in [0.4, 0.5) is 5.69 Å². The van der Waals surface area contributed by atoms with Crippen molar-refractivity contribution in [3.63, 3.8) is 0 Å². The Morgan fingerprint density at radius 3 is 2.79 bits per heavy atom. The molecule has 29 heavy (non-hydrogen) atoms. The van der Waals surface area contributed by atoms with Crippen LogP contribution in [0.15, 0.2) is 47.1 Å². The number of hydrogen-bond acceptors (Lipinski definition) is 5. The summed E-state index contributed by atoms with van der Waals surface area (Å²) in [6, 6.07) is 10.1. The molecule has 2 saturated heterocycles. The van der Waals surface area contributed by atoms with Crippen molar-refractivity contribution in [2.24, 2.45) is 0 Å². The Labute approximate surface area is 170 Å². The monoisotopic (exact) mass is 398 g/mol. The number of carbonyl (C=O) groups is 2. The Bertz CT molecular complexity index is 829. The molecule has 1 aromatic carbocycles. The third-order valence-corrected chi connectivity index (χ3v) is 5.39. The van der Waals surface area contributed by atoms with Gasteiger partial charge in [0, 0.05) is 13.2 Å². The molecule has 3 heterocycles. The van der Waals surface area contributed by atoms with Crippen LogP contribution in [0.25, 0.3) is 0 Å². The summed E-state index contributed by atoms with van der Waals surface area (Å²) in [4.78, 5) is 27.2. The highest BCUT2D eigenvalue weighted by molar-refractivity contribution is 6.01. The number of nitrogens with one attached hydrogen (secondary N) is 1. The third-order valence-electron chi connectivity index (χ3n) is 5.39. The Morgan fingerprint density at radius 2 is 2.00 bits per heavy atom. The fourth-order valence-corrected chi connectivity index (χ4v) is 3.86. The molecular weight excluding hydrogens is 372 g/mol. The van der Waals surface area contributed by atoms with Gasteiger partial charge in [0.15, 0.2) is 5.76 Å². The maximum Gasteiger partial charge on any atom is 0.290 e. The minimum Gasteiger partial charge on any atom is -0.489 e. The van der Waals surface area contributed by atoms with Crippen LogP contribution in [0.5, 0.6) is 5.75 Å². The molecule has 0 radical (unpaired) electrons. The highest BCUT2D eigenvalue weighted by atomic mass is 16.5. The average molecular weight is 398 g/mol. The number of amides is 2. The van der Waals surface area contributed by atoms with Crippen molar-refractivity contribution < 1.29 is 23.5 Å². The van der Waals surface area contributed by atoms with E-state index in [4.69, 9.17) is 13.9 Å². The largest absolute Gasteiger partial charge is 0.489 e. The lowest BCUT2D eigenvalue weighted by Gasteiger charge is -2.25. The van der Waals surface area contributed by atoms with Crippen LogP contribution in [-0.4, -0.2) is 48.6 Å². The van der Waals surface area contributed by atoms with Crippen molar-refractivity contribution in [3.05, 3.63) is 48.4 Å². The first kappa shape index (κ1) is 19.5. The molecule has 154 valence electrons. The van der Waals surface area contributed by atoms with Gasteiger partial charge in [0.2, 0.25) is 5.91 Å². The Morgan fingerprint density at radius 1 is 1.10 bits per heavy atom. The Balaban J connectivity index is 1.40. The van der Waals surface area contributed by atoms with E-state index in [2.05, 4.69) is 5.32 Å². The standard InChI is InChI=1S/C22H26N2O5/c25-21(18-9-5-12-24(18)22(26)20-11-6-14-28-20)23-17-8-1-2-10-19(17)29-15-16-7-3-4-13-27-16/h1-2,6,8,10-11,14,16,18H,3-5,7,9,12-13,15H2,(H,23,25)/t16?,18-/m0/s1. The minimum atomic E-state index is -0.526. The first-order valence-electron chi connectivity index (χ1n) is 10.2. The molecule has 2 fully saturated rings. The summed E-state index contributed by atoms with van der Waals surface area (Å²) in [5.74, 6) is 0.386. The van der Waals surface area contributed by atoms with E-state index in [1.807, 2.05) is 24.3 Å². The molecule has 1 N–H and O–H groups in total. The molecule has 4 rings (SSSR count). The van der Waals surface area contributed by atoms with Gasteiger partial charge in [-0.2, -0.15) is 0 Å². The van der Waals surface area contributed by atoms with Crippen LogP contribution in [0.1, 0.15) is 42.7 Å². The zero-order valence-corrected chi connectivity index (χ0v) is 16.3. The number of hydrogen-bond donors (Lipinski definition) is 1. The summed E-state index contributed by atoms with van der Waals surface area (Å²) in [7, 11) is 0. The number of nitrogens with zero attached hydrogens (tertiary/aromatic N) is 1. The van der Waals surface area contributed by atoms with E-state index in [9.17, 15) is 9.59 Å². The van der Waals surface area contributed by atoms with Crippen molar-refractivity contribution >= 4 is 17.5 Å². The molecule has 1 aromatic heterocycles. The number of furan rings is 1. The number of likely N-dealkylation sites (tertiary alicyclic amines) is 1. The predicted octanol–water partition coefficient (Wildman–Crippen LogP) is 3.47.